The van der Waals surface area contributed by atoms with Crippen LogP contribution in [0.25, 0.3) is 0 Å². The average molecular weight is 387 g/mol. The first-order valence-corrected chi connectivity index (χ1v) is 8.18. The number of quaternary nitrogens is 1. The Morgan fingerprint density at radius 2 is 1.80 bits per heavy atom. The van der Waals surface area contributed by atoms with Crippen LogP contribution in [0.1, 0.15) is 6.92 Å². The maximum absolute atomic E-state index is 10.4. The van der Waals surface area contributed by atoms with E-state index in [1.54, 1.807) is 6.92 Å². The normalized spacial score (nSPS) is 14.3. The van der Waals surface area contributed by atoms with E-state index >= 15 is 0 Å². The van der Waals surface area contributed by atoms with Crippen LogP contribution < -0.4 is 4.89 Å². The first-order valence-electron chi connectivity index (χ1n) is 4.46. The van der Waals surface area contributed by atoms with Crippen LogP contribution in [0.15, 0.2) is 0 Å². The summed E-state index contributed by atoms with van der Waals surface area (Å²) in [7, 11) is 6.49. The number of halogens is 1. The van der Waals surface area contributed by atoms with Crippen molar-refractivity contribution in [3.8, 4) is 0 Å². The minimum Gasteiger partial charge on any atom is -0.801 e. The van der Waals surface area contributed by atoms with Gasteiger partial charge in [0.15, 0.2) is 0 Å². The van der Waals surface area contributed by atoms with E-state index in [4.69, 9.17) is 0 Å². The minimum absolute atomic E-state index is 0. The van der Waals surface area contributed by atoms with E-state index in [-0.39, 0.29) is 24.0 Å². The topological polar surface area (TPSA) is 32.3 Å². The van der Waals surface area contributed by atoms with E-state index in [1.165, 1.54) is 6.66 Å². The molecule has 96 valence electrons. The zero-order chi connectivity index (χ0) is 11.8. The van der Waals surface area contributed by atoms with Gasteiger partial charge in [0.1, 0.15) is 0 Å². The molecule has 0 aliphatic carbocycles. The summed E-state index contributed by atoms with van der Waals surface area (Å²) >= 11 is 8.52. The molecule has 0 heterocycles. The summed E-state index contributed by atoms with van der Waals surface area (Å²) in [6.45, 7) is 2.19. The second-order valence-electron chi connectivity index (χ2n) is 3.93. The summed E-state index contributed by atoms with van der Waals surface area (Å²) in [6.07, 6.45) is 0. The maximum Gasteiger partial charge on any atom is 0.0869 e. The lowest BCUT2D eigenvalue weighted by Crippen LogP contribution is -2.36. The molecule has 0 aliphatic rings. The molecule has 7 heteroatoms. The van der Waals surface area contributed by atoms with Crippen LogP contribution in [0.4, 0.5) is 0 Å². The molecular weight excluding hydrogens is 364 g/mol. The van der Waals surface area contributed by atoms with E-state index in [0.29, 0.717) is 6.61 Å². The quantitative estimate of drug-likeness (QED) is 0.344. The number of nitrogens with zero attached hydrogens (tertiary/aromatic N) is 1. The number of thiol groups is 1. The molecule has 0 aromatic rings. The minimum atomic E-state index is -2.58. The van der Waals surface area contributed by atoms with E-state index in [0.717, 1.165) is 16.8 Å². The molecule has 0 N–H and O–H groups in total. The Hall–Kier alpha value is 1.61. The van der Waals surface area contributed by atoms with Gasteiger partial charge < -0.3 is 13.9 Å². The summed E-state index contributed by atoms with van der Waals surface area (Å²) in [5, 5.41) is 0. The second kappa shape index (κ2) is 10.7. The number of hydrogen-bond donors (Lipinski definition) is 1. The highest BCUT2D eigenvalue weighted by atomic mass is 127. The molecule has 0 aromatic carbocycles. The lowest BCUT2D eigenvalue weighted by molar-refractivity contribution is -0.867. The molecule has 0 amide bonds. The maximum atomic E-state index is 10.4. The highest BCUT2D eigenvalue weighted by Crippen LogP contribution is 2.30. The Labute approximate surface area is 122 Å². The van der Waals surface area contributed by atoms with Crippen molar-refractivity contribution in [1.29, 1.82) is 0 Å². The van der Waals surface area contributed by atoms with E-state index in [2.05, 4.69) is 50.1 Å². The van der Waals surface area contributed by atoms with Gasteiger partial charge in [-0.15, -0.1) is 24.0 Å². The van der Waals surface area contributed by atoms with Crippen molar-refractivity contribution in [2.75, 3.05) is 46.7 Å². The van der Waals surface area contributed by atoms with Gasteiger partial charge in [-0.3, -0.25) is 0 Å². The molecule has 0 fully saturated rings. The zero-order valence-electron chi connectivity index (χ0n) is 10.1. The van der Waals surface area contributed by atoms with Crippen molar-refractivity contribution in [3.05, 3.63) is 0 Å². The molecular formula is C8H23INO2PS2. The first-order chi connectivity index (χ1) is 6.12. The second-order valence-corrected chi connectivity index (χ2v) is 8.16. The van der Waals surface area contributed by atoms with Crippen LogP contribution >= 0.6 is 43.1 Å². The van der Waals surface area contributed by atoms with E-state index in [1.807, 2.05) is 0 Å². The Balaban J connectivity index is -0.000000180. The summed E-state index contributed by atoms with van der Waals surface area (Å²) in [4.78, 5) is 10.4. The summed E-state index contributed by atoms with van der Waals surface area (Å²) in [5.74, 6) is 0.976. The fourth-order valence-electron chi connectivity index (χ4n) is 0.535. The van der Waals surface area contributed by atoms with E-state index < -0.39 is 6.49 Å². The highest BCUT2D eigenvalue weighted by Gasteiger charge is 2.01. The van der Waals surface area contributed by atoms with Crippen molar-refractivity contribution in [2.45, 2.75) is 6.92 Å². The smallest absolute Gasteiger partial charge is 0.0869 e. The van der Waals surface area contributed by atoms with Gasteiger partial charge in [0, 0.05) is 12.4 Å². The van der Waals surface area contributed by atoms with Crippen molar-refractivity contribution in [3.63, 3.8) is 0 Å². The van der Waals surface area contributed by atoms with Gasteiger partial charge >= 0.3 is 0 Å². The lowest BCUT2D eigenvalue weighted by Gasteiger charge is -2.22. The van der Waals surface area contributed by atoms with Crippen LogP contribution in [0.5, 0.6) is 0 Å². The average Bonchev–Trinajstić information content (AvgIpc) is 1.81. The van der Waals surface area contributed by atoms with Crippen LogP contribution in [0.3, 0.4) is 0 Å². The molecule has 0 aromatic heterocycles. The third kappa shape index (κ3) is 31.3. The van der Waals surface area contributed by atoms with Gasteiger partial charge in [0.2, 0.25) is 0 Å². The monoisotopic (exact) mass is 387 g/mol. The molecule has 0 spiro atoms. The fraction of sp³-hybridized carbons (Fsp3) is 1.00. The van der Waals surface area contributed by atoms with Crippen LogP contribution in [0.2, 0.25) is 0 Å². The predicted molar refractivity (Wildman–Crippen MR) is 84.0 cm³/mol. The molecule has 15 heavy (non-hydrogen) atoms. The van der Waals surface area contributed by atoms with Crippen molar-refractivity contribution < 1.29 is 13.9 Å². The molecule has 0 bridgehead atoms. The van der Waals surface area contributed by atoms with Gasteiger partial charge in [-0.2, -0.15) is 12.6 Å². The lowest BCUT2D eigenvalue weighted by atomic mass is 10.6. The van der Waals surface area contributed by atoms with Crippen LogP contribution in [-0.2, 0) is 16.3 Å². The summed E-state index contributed by atoms with van der Waals surface area (Å²) in [6, 6.07) is 0. The molecule has 0 aliphatic heterocycles. The first kappa shape index (κ1) is 21.9. The molecule has 3 nitrogen and oxygen atoms in total. The van der Waals surface area contributed by atoms with Gasteiger partial charge in [0.05, 0.1) is 27.7 Å². The van der Waals surface area contributed by atoms with E-state index in [9.17, 15) is 4.89 Å². The fourth-order valence-corrected chi connectivity index (χ4v) is 1.92. The summed E-state index contributed by atoms with van der Waals surface area (Å²) < 4.78 is 5.62. The zero-order valence-corrected chi connectivity index (χ0v) is 15.0. The summed E-state index contributed by atoms with van der Waals surface area (Å²) in [5.41, 5.74) is 0. The standard InChI is InChI=1S/C5H13NS.C3H9O2PS.HI/c1-6(2,3)4-5-7;1-3-5-6(2,4)7;/h4-5H2,1-3H3;3H2,1-2H3,(H,4,7);1H. The number of hydrogen-bond acceptors (Lipinski definition) is 4. The number of rotatable bonds is 4. The van der Waals surface area contributed by atoms with Crippen LogP contribution in [0, 0.1) is 0 Å². The molecule has 0 rings (SSSR count). The van der Waals surface area contributed by atoms with Crippen LogP contribution in [-0.4, -0.2) is 51.2 Å². The highest BCUT2D eigenvalue weighted by molar-refractivity contribution is 14.0. The molecule has 0 radical (unpaired) electrons. The van der Waals surface area contributed by atoms with Crippen molar-refractivity contribution >= 4 is 54.9 Å². The Kier molecular flexibility index (Phi) is 15.7. The third-order valence-electron chi connectivity index (χ3n) is 1.13. The third-order valence-corrected chi connectivity index (χ3v) is 2.38. The molecule has 1 unspecified atom stereocenters. The molecule has 0 saturated heterocycles. The molecule has 0 saturated carbocycles. The molecule has 1 atom stereocenters. The van der Waals surface area contributed by atoms with Crippen molar-refractivity contribution in [2.24, 2.45) is 0 Å². The Bertz CT molecular complexity index is 182. The SMILES string of the molecule is CCOP(C)([O-])=S.C[N+](C)(C)CCS.I. The van der Waals surface area contributed by atoms with Gasteiger partial charge in [-0.05, 0) is 20.1 Å². The van der Waals surface area contributed by atoms with Gasteiger partial charge in [0.25, 0.3) is 0 Å². The van der Waals surface area contributed by atoms with Gasteiger partial charge in [-0.25, -0.2) is 0 Å². The van der Waals surface area contributed by atoms with Gasteiger partial charge in [-0.1, -0.05) is 11.8 Å². The predicted octanol–water partition coefficient (Wildman–Crippen LogP) is 1.56. The Morgan fingerprint density at radius 3 is 1.80 bits per heavy atom. The Morgan fingerprint density at radius 1 is 1.40 bits per heavy atom. The van der Waals surface area contributed by atoms with Crippen molar-refractivity contribution in [1.82, 2.24) is 0 Å². The largest absolute Gasteiger partial charge is 0.801 e.